The summed E-state index contributed by atoms with van der Waals surface area (Å²) in [6.45, 7) is 3.65. The van der Waals surface area contributed by atoms with Crippen molar-refractivity contribution in [2.75, 3.05) is 6.54 Å². The molecule has 0 saturated heterocycles. The van der Waals surface area contributed by atoms with Crippen molar-refractivity contribution >= 4 is 22.8 Å². The Labute approximate surface area is 134 Å². The number of aryl methyl sites for hydroxylation is 2. The van der Waals surface area contributed by atoms with Crippen LogP contribution in [0, 0.1) is 6.92 Å². The highest BCUT2D eigenvalue weighted by Crippen LogP contribution is 2.27. The average Bonchev–Trinajstić information content (AvgIpc) is 2.85. The first kappa shape index (κ1) is 15.0. The fraction of sp³-hybridized carbons (Fsp3) is 0.294. The molecule has 0 aliphatic heterocycles. The molecule has 114 valence electrons. The van der Waals surface area contributed by atoms with Crippen LogP contribution in [0.1, 0.15) is 18.4 Å². The van der Waals surface area contributed by atoms with Crippen LogP contribution in [0.3, 0.4) is 0 Å². The normalized spacial score (nSPS) is 11.2. The Balaban J connectivity index is 2.15. The largest absolute Gasteiger partial charge is 0.330 e. The van der Waals surface area contributed by atoms with Gasteiger partial charge in [-0.1, -0.05) is 35.9 Å². The highest BCUT2D eigenvalue weighted by atomic mass is 35.5. The maximum atomic E-state index is 6.06. The Morgan fingerprint density at radius 3 is 2.82 bits per heavy atom. The molecular formula is C17H19ClN4. The molecule has 3 aromatic rings. The van der Waals surface area contributed by atoms with E-state index in [1.54, 1.807) is 6.20 Å². The molecule has 0 saturated carbocycles. The monoisotopic (exact) mass is 314 g/mol. The molecule has 3 rings (SSSR count). The molecule has 0 aliphatic rings. The van der Waals surface area contributed by atoms with Crippen molar-refractivity contribution in [1.82, 2.24) is 14.5 Å². The van der Waals surface area contributed by atoms with E-state index in [1.165, 1.54) is 5.56 Å². The fourth-order valence-corrected chi connectivity index (χ4v) is 2.79. The van der Waals surface area contributed by atoms with Gasteiger partial charge in [-0.2, -0.15) is 0 Å². The lowest BCUT2D eigenvalue weighted by Gasteiger charge is -2.10. The number of unbranched alkanes of at least 4 members (excludes halogenated alkanes) is 1. The molecular weight excluding hydrogens is 296 g/mol. The second-order valence-electron chi connectivity index (χ2n) is 5.39. The average molecular weight is 315 g/mol. The zero-order valence-electron chi connectivity index (χ0n) is 12.6. The van der Waals surface area contributed by atoms with Crippen molar-refractivity contribution in [2.45, 2.75) is 26.3 Å². The summed E-state index contributed by atoms with van der Waals surface area (Å²) in [4.78, 5) is 9.24. The molecule has 0 spiro atoms. The van der Waals surface area contributed by atoms with Crippen molar-refractivity contribution in [3.63, 3.8) is 0 Å². The van der Waals surface area contributed by atoms with Crippen LogP contribution in [0.5, 0.6) is 0 Å². The molecule has 0 fully saturated rings. The third kappa shape index (κ3) is 2.85. The van der Waals surface area contributed by atoms with Gasteiger partial charge in [0.2, 0.25) is 0 Å². The van der Waals surface area contributed by atoms with E-state index in [0.717, 1.165) is 41.9 Å². The first-order valence-corrected chi connectivity index (χ1v) is 7.86. The second kappa shape index (κ2) is 6.46. The summed E-state index contributed by atoms with van der Waals surface area (Å²) < 4.78 is 2.17. The summed E-state index contributed by atoms with van der Waals surface area (Å²) in [5.41, 5.74) is 9.65. The summed E-state index contributed by atoms with van der Waals surface area (Å²) in [7, 11) is 0. The molecule has 2 N–H and O–H groups in total. The predicted molar refractivity (Wildman–Crippen MR) is 91.0 cm³/mol. The van der Waals surface area contributed by atoms with E-state index in [4.69, 9.17) is 22.3 Å². The lowest BCUT2D eigenvalue weighted by Crippen LogP contribution is -2.05. The summed E-state index contributed by atoms with van der Waals surface area (Å²) >= 11 is 6.06. The number of rotatable bonds is 5. The number of hydrogen-bond acceptors (Lipinski definition) is 3. The zero-order chi connectivity index (χ0) is 15.5. The van der Waals surface area contributed by atoms with E-state index in [9.17, 15) is 0 Å². The van der Waals surface area contributed by atoms with Crippen LogP contribution in [0.4, 0.5) is 0 Å². The maximum absolute atomic E-state index is 6.06. The van der Waals surface area contributed by atoms with Crippen molar-refractivity contribution < 1.29 is 0 Å². The smallest absolute Gasteiger partial charge is 0.160 e. The van der Waals surface area contributed by atoms with E-state index in [2.05, 4.69) is 28.6 Å². The first-order valence-electron chi connectivity index (χ1n) is 7.48. The molecule has 0 radical (unpaired) electrons. The standard InChI is InChI=1S/C17H19ClN4/c1-12-6-2-3-7-14(12)16-21-15-10-13(18)11-20-17(15)22(16)9-5-4-8-19/h2-3,6-7,10-11H,4-5,8-9,19H2,1H3. The van der Waals surface area contributed by atoms with Gasteiger partial charge in [-0.25, -0.2) is 9.97 Å². The summed E-state index contributed by atoms with van der Waals surface area (Å²) in [5, 5.41) is 0.607. The zero-order valence-corrected chi connectivity index (χ0v) is 13.3. The minimum Gasteiger partial charge on any atom is -0.330 e. The molecule has 0 atom stereocenters. The van der Waals surface area contributed by atoms with Gasteiger partial charge in [-0.15, -0.1) is 0 Å². The van der Waals surface area contributed by atoms with Gasteiger partial charge >= 0.3 is 0 Å². The van der Waals surface area contributed by atoms with Gasteiger partial charge in [0.1, 0.15) is 11.3 Å². The van der Waals surface area contributed by atoms with Crippen molar-refractivity contribution in [1.29, 1.82) is 0 Å². The number of benzene rings is 1. The second-order valence-corrected chi connectivity index (χ2v) is 5.83. The molecule has 0 amide bonds. The van der Waals surface area contributed by atoms with Crippen LogP contribution in [-0.2, 0) is 6.54 Å². The van der Waals surface area contributed by atoms with Crippen LogP contribution in [-0.4, -0.2) is 21.1 Å². The van der Waals surface area contributed by atoms with Gasteiger partial charge in [0.25, 0.3) is 0 Å². The number of nitrogens with zero attached hydrogens (tertiary/aromatic N) is 3. The molecule has 5 heteroatoms. The van der Waals surface area contributed by atoms with Gasteiger partial charge in [-0.05, 0) is 37.9 Å². The molecule has 1 aromatic carbocycles. The van der Waals surface area contributed by atoms with Gasteiger partial charge in [-0.3, -0.25) is 0 Å². The van der Waals surface area contributed by atoms with Crippen LogP contribution in [0.2, 0.25) is 5.02 Å². The molecule has 0 bridgehead atoms. The predicted octanol–water partition coefficient (Wildman–Crippen LogP) is 3.80. The molecule has 0 aliphatic carbocycles. The molecule has 2 heterocycles. The quantitative estimate of drug-likeness (QED) is 0.729. The Morgan fingerprint density at radius 1 is 1.23 bits per heavy atom. The number of imidazole rings is 1. The summed E-state index contributed by atoms with van der Waals surface area (Å²) in [6.07, 6.45) is 3.66. The number of pyridine rings is 1. The van der Waals surface area contributed by atoms with Crippen molar-refractivity contribution in [3.05, 3.63) is 47.1 Å². The SMILES string of the molecule is Cc1ccccc1-c1nc2cc(Cl)cnc2n1CCCCN. The van der Waals surface area contributed by atoms with Crippen LogP contribution >= 0.6 is 11.6 Å². The minimum atomic E-state index is 0.607. The topological polar surface area (TPSA) is 56.7 Å². The van der Waals surface area contributed by atoms with Crippen molar-refractivity contribution in [3.8, 4) is 11.4 Å². The maximum Gasteiger partial charge on any atom is 0.160 e. The van der Waals surface area contributed by atoms with E-state index < -0.39 is 0 Å². The molecule has 4 nitrogen and oxygen atoms in total. The van der Waals surface area contributed by atoms with E-state index in [-0.39, 0.29) is 0 Å². The lowest BCUT2D eigenvalue weighted by atomic mass is 10.1. The van der Waals surface area contributed by atoms with Gasteiger partial charge in [0, 0.05) is 18.3 Å². The number of aromatic nitrogens is 3. The first-order chi connectivity index (χ1) is 10.7. The Bertz CT molecular complexity index is 794. The fourth-order valence-electron chi connectivity index (χ4n) is 2.64. The van der Waals surface area contributed by atoms with E-state index >= 15 is 0 Å². The Kier molecular flexibility index (Phi) is 4.41. The Hall–Kier alpha value is -1.91. The van der Waals surface area contributed by atoms with Crippen LogP contribution in [0.15, 0.2) is 36.5 Å². The van der Waals surface area contributed by atoms with Gasteiger partial charge in [0.15, 0.2) is 5.65 Å². The highest BCUT2D eigenvalue weighted by Gasteiger charge is 2.15. The number of halogens is 1. The third-order valence-electron chi connectivity index (χ3n) is 3.77. The van der Waals surface area contributed by atoms with E-state index in [0.29, 0.717) is 11.6 Å². The van der Waals surface area contributed by atoms with Crippen molar-refractivity contribution in [2.24, 2.45) is 5.73 Å². The number of fused-ring (bicyclic) bond motifs is 1. The van der Waals surface area contributed by atoms with Gasteiger partial charge < -0.3 is 10.3 Å². The van der Waals surface area contributed by atoms with Crippen LogP contribution < -0.4 is 5.73 Å². The number of nitrogens with two attached hydrogens (primary N) is 1. The third-order valence-corrected chi connectivity index (χ3v) is 3.98. The molecule has 0 unspecified atom stereocenters. The molecule has 22 heavy (non-hydrogen) atoms. The minimum absolute atomic E-state index is 0.607. The van der Waals surface area contributed by atoms with Gasteiger partial charge in [0.05, 0.1) is 5.02 Å². The lowest BCUT2D eigenvalue weighted by molar-refractivity contribution is 0.628. The summed E-state index contributed by atoms with van der Waals surface area (Å²) in [5.74, 6) is 0.944. The highest BCUT2D eigenvalue weighted by molar-refractivity contribution is 6.31. The molecule has 2 aromatic heterocycles. The van der Waals surface area contributed by atoms with E-state index in [1.807, 2.05) is 18.2 Å². The van der Waals surface area contributed by atoms with Crippen LogP contribution in [0.25, 0.3) is 22.6 Å². The summed E-state index contributed by atoms with van der Waals surface area (Å²) in [6, 6.07) is 10.1. The Morgan fingerprint density at radius 2 is 2.05 bits per heavy atom. The number of hydrogen-bond donors (Lipinski definition) is 1.